The molecule has 0 aliphatic carbocycles. The molecule has 1 aliphatic rings. The third-order valence-electron chi connectivity index (χ3n) is 2.47. The van der Waals surface area contributed by atoms with Crippen LogP contribution in [-0.4, -0.2) is 28.5 Å². The monoisotopic (exact) mass is 223 g/mol. The fourth-order valence-corrected chi connectivity index (χ4v) is 2.37. The van der Waals surface area contributed by atoms with Crippen molar-refractivity contribution in [2.45, 2.75) is 6.92 Å². The Bertz CT molecular complexity index is 443. The Balaban J connectivity index is 2.14. The molecule has 0 unspecified atom stereocenters. The fraction of sp³-hybridized carbons (Fsp3) is 0.444. The quantitative estimate of drug-likeness (QED) is 0.804. The van der Waals surface area contributed by atoms with Gasteiger partial charge in [0.15, 0.2) is 0 Å². The lowest BCUT2D eigenvalue weighted by Crippen LogP contribution is -2.50. The summed E-state index contributed by atoms with van der Waals surface area (Å²) in [6.07, 6.45) is 0. The smallest absolute Gasteiger partial charge is 0.310 e. The first-order valence-electron chi connectivity index (χ1n) is 4.47. The molecule has 6 heteroatoms. The van der Waals surface area contributed by atoms with Gasteiger partial charge < -0.3 is 10.0 Å². The number of aromatic nitrogens is 1. The average Bonchev–Trinajstić information content (AvgIpc) is 2.44. The number of nitrogens with zero attached hydrogens (tertiary/aromatic N) is 3. The molecule has 78 valence electrons. The summed E-state index contributed by atoms with van der Waals surface area (Å²) in [5, 5.41) is 18.4. The van der Waals surface area contributed by atoms with E-state index in [0.29, 0.717) is 18.7 Å². The van der Waals surface area contributed by atoms with Crippen molar-refractivity contribution in [1.29, 1.82) is 5.26 Å². The van der Waals surface area contributed by atoms with Crippen LogP contribution in [-0.2, 0) is 4.79 Å². The molecule has 0 spiro atoms. The maximum absolute atomic E-state index is 10.6. The zero-order valence-electron chi connectivity index (χ0n) is 8.10. The van der Waals surface area contributed by atoms with Gasteiger partial charge in [-0.1, -0.05) is 0 Å². The van der Waals surface area contributed by atoms with Crippen LogP contribution in [0, 0.1) is 24.2 Å². The van der Waals surface area contributed by atoms with Crippen molar-refractivity contribution in [2.75, 3.05) is 18.0 Å². The van der Waals surface area contributed by atoms with E-state index in [-0.39, 0.29) is 5.92 Å². The maximum atomic E-state index is 10.6. The Hall–Kier alpha value is -1.61. The van der Waals surface area contributed by atoms with Crippen molar-refractivity contribution in [3.8, 4) is 6.07 Å². The van der Waals surface area contributed by atoms with Crippen molar-refractivity contribution in [1.82, 2.24) is 4.37 Å². The summed E-state index contributed by atoms with van der Waals surface area (Å²) in [4.78, 5) is 12.5. The lowest BCUT2D eigenvalue weighted by Gasteiger charge is -2.37. The molecule has 1 N–H and O–H groups in total. The van der Waals surface area contributed by atoms with E-state index in [2.05, 4.69) is 10.4 Å². The Kier molecular flexibility index (Phi) is 2.32. The number of aryl methyl sites for hydroxylation is 1. The minimum atomic E-state index is -0.772. The number of carboxylic acids is 1. The van der Waals surface area contributed by atoms with Gasteiger partial charge in [0.25, 0.3) is 0 Å². The highest BCUT2D eigenvalue weighted by Crippen LogP contribution is 2.33. The molecular formula is C9H9N3O2S. The van der Waals surface area contributed by atoms with Crippen LogP contribution in [0.15, 0.2) is 0 Å². The summed E-state index contributed by atoms with van der Waals surface area (Å²) in [6, 6.07) is 2.10. The molecule has 1 saturated heterocycles. The number of anilines is 1. The van der Waals surface area contributed by atoms with Gasteiger partial charge in [0, 0.05) is 13.1 Å². The van der Waals surface area contributed by atoms with Crippen LogP contribution in [0.2, 0.25) is 0 Å². The Labute approximate surface area is 90.7 Å². The van der Waals surface area contributed by atoms with Gasteiger partial charge in [0.1, 0.15) is 16.6 Å². The summed E-state index contributed by atoms with van der Waals surface area (Å²) >= 11 is 1.26. The van der Waals surface area contributed by atoms with Crippen LogP contribution >= 0.6 is 11.5 Å². The molecule has 1 aromatic heterocycles. The molecule has 0 amide bonds. The highest BCUT2D eigenvalue weighted by atomic mass is 32.1. The molecule has 0 saturated carbocycles. The first kappa shape index (κ1) is 9.93. The van der Waals surface area contributed by atoms with Crippen LogP contribution in [0.5, 0.6) is 0 Å². The highest BCUT2D eigenvalue weighted by Gasteiger charge is 2.35. The minimum Gasteiger partial charge on any atom is -0.481 e. The van der Waals surface area contributed by atoms with Crippen LogP contribution < -0.4 is 4.90 Å². The summed E-state index contributed by atoms with van der Waals surface area (Å²) in [5.74, 6) is -1.08. The predicted octanol–water partition coefficient (Wildman–Crippen LogP) is 0.844. The third-order valence-corrected chi connectivity index (χ3v) is 3.47. The number of carbonyl (C=O) groups is 1. The van der Waals surface area contributed by atoms with Gasteiger partial charge in [-0.25, -0.2) is 0 Å². The largest absolute Gasteiger partial charge is 0.481 e. The fourth-order valence-electron chi connectivity index (χ4n) is 1.50. The second kappa shape index (κ2) is 3.51. The molecule has 0 aromatic carbocycles. The third kappa shape index (κ3) is 1.55. The summed E-state index contributed by atoms with van der Waals surface area (Å²) in [5.41, 5.74) is 1.29. The molecule has 0 atom stereocenters. The molecule has 1 aromatic rings. The second-order valence-corrected chi connectivity index (χ2v) is 4.25. The molecular weight excluding hydrogens is 214 g/mol. The van der Waals surface area contributed by atoms with Crippen LogP contribution in [0.3, 0.4) is 0 Å². The molecule has 15 heavy (non-hydrogen) atoms. The van der Waals surface area contributed by atoms with E-state index >= 15 is 0 Å². The second-order valence-electron chi connectivity index (χ2n) is 3.50. The van der Waals surface area contributed by atoms with Crippen molar-refractivity contribution in [2.24, 2.45) is 5.92 Å². The Morgan fingerprint density at radius 2 is 2.40 bits per heavy atom. The lowest BCUT2D eigenvalue weighted by atomic mass is 10.0. The van der Waals surface area contributed by atoms with E-state index in [4.69, 9.17) is 10.4 Å². The summed E-state index contributed by atoms with van der Waals surface area (Å²) in [7, 11) is 0. The van der Waals surface area contributed by atoms with Crippen LogP contribution in [0.25, 0.3) is 0 Å². The molecule has 1 fully saturated rings. The van der Waals surface area contributed by atoms with Gasteiger partial charge in [-0.05, 0) is 18.5 Å². The predicted molar refractivity (Wildman–Crippen MR) is 54.9 cm³/mol. The molecule has 2 rings (SSSR count). The molecule has 0 bridgehead atoms. The van der Waals surface area contributed by atoms with Crippen LogP contribution in [0.4, 0.5) is 5.00 Å². The number of hydrogen-bond donors (Lipinski definition) is 1. The van der Waals surface area contributed by atoms with Crippen molar-refractivity contribution in [3.63, 3.8) is 0 Å². The topological polar surface area (TPSA) is 77.2 Å². The average molecular weight is 223 g/mol. The van der Waals surface area contributed by atoms with Gasteiger partial charge in [-0.3, -0.25) is 4.79 Å². The minimum absolute atomic E-state index is 0.307. The normalized spacial score (nSPS) is 15.9. The molecule has 2 heterocycles. The van der Waals surface area contributed by atoms with Crippen molar-refractivity contribution < 1.29 is 9.90 Å². The number of rotatable bonds is 2. The number of nitriles is 1. The zero-order chi connectivity index (χ0) is 11.0. The summed E-state index contributed by atoms with van der Waals surface area (Å²) < 4.78 is 4.09. The molecule has 1 aliphatic heterocycles. The standard InChI is InChI=1S/C9H9N3O2S/c1-5-7(2-10)8(15-11-5)12-3-6(4-12)9(13)14/h6H,3-4H2,1H3,(H,13,14). The van der Waals surface area contributed by atoms with Gasteiger partial charge >= 0.3 is 5.97 Å². The van der Waals surface area contributed by atoms with Crippen LogP contribution in [0.1, 0.15) is 11.3 Å². The van der Waals surface area contributed by atoms with Gasteiger partial charge in [0.05, 0.1) is 11.6 Å². The number of aliphatic carboxylic acids is 1. The van der Waals surface area contributed by atoms with Crippen molar-refractivity contribution >= 4 is 22.5 Å². The number of hydrogen-bond acceptors (Lipinski definition) is 5. The van der Waals surface area contributed by atoms with Gasteiger partial charge in [-0.15, -0.1) is 0 Å². The first-order valence-corrected chi connectivity index (χ1v) is 5.25. The number of carboxylic acid groups (broad SMARTS) is 1. The Morgan fingerprint density at radius 3 is 2.93 bits per heavy atom. The SMILES string of the molecule is Cc1nsc(N2CC(C(=O)O)C2)c1C#N. The van der Waals surface area contributed by atoms with E-state index < -0.39 is 5.97 Å². The highest BCUT2D eigenvalue weighted by molar-refractivity contribution is 7.10. The van der Waals surface area contributed by atoms with E-state index in [1.807, 2.05) is 4.90 Å². The van der Waals surface area contributed by atoms with E-state index in [1.165, 1.54) is 11.5 Å². The van der Waals surface area contributed by atoms with E-state index in [0.717, 1.165) is 10.7 Å². The molecule has 5 nitrogen and oxygen atoms in total. The zero-order valence-corrected chi connectivity index (χ0v) is 8.91. The first-order chi connectivity index (χ1) is 7.13. The van der Waals surface area contributed by atoms with Gasteiger partial charge in [0.2, 0.25) is 0 Å². The Morgan fingerprint density at radius 1 is 1.73 bits per heavy atom. The van der Waals surface area contributed by atoms with Crippen molar-refractivity contribution in [3.05, 3.63) is 11.3 Å². The van der Waals surface area contributed by atoms with E-state index in [9.17, 15) is 4.79 Å². The molecule has 0 radical (unpaired) electrons. The van der Waals surface area contributed by atoms with Gasteiger partial charge in [-0.2, -0.15) is 9.64 Å². The maximum Gasteiger partial charge on any atom is 0.310 e. The van der Waals surface area contributed by atoms with E-state index in [1.54, 1.807) is 6.92 Å². The summed E-state index contributed by atoms with van der Waals surface area (Å²) in [6.45, 7) is 2.74. The lowest BCUT2D eigenvalue weighted by molar-refractivity contribution is -0.142.